The Morgan fingerprint density at radius 1 is 1.15 bits per heavy atom. The van der Waals surface area contributed by atoms with Crippen molar-refractivity contribution in [2.24, 2.45) is 0 Å². The van der Waals surface area contributed by atoms with Crippen molar-refractivity contribution in [3.63, 3.8) is 0 Å². The highest BCUT2D eigenvalue weighted by atomic mass is 28.3. The van der Waals surface area contributed by atoms with Gasteiger partial charge in [0.15, 0.2) is 0 Å². The Balaban J connectivity index is 2.26. The van der Waals surface area contributed by atoms with Crippen LogP contribution in [0.2, 0.25) is 25.2 Å². The van der Waals surface area contributed by atoms with Crippen LogP contribution in [-0.4, -0.2) is 8.07 Å². The summed E-state index contributed by atoms with van der Waals surface area (Å²) in [4.78, 5) is 0. The number of allylic oxidation sites excluding steroid dienone is 4. The van der Waals surface area contributed by atoms with Gasteiger partial charge in [-0.2, -0.15) is 0 Å². The molecule has 0 nitrogen and oxygen atoms in total. The highest BCUT2D eigenvalue weighted by Crippen LogP contribution is 2.44. The summed E-state index contributed by atoms with van der Waals surface area (Å²) in [6.07, 6.45) is 10.5. The lowest BCUT2D eigenvalue weighted by molar-refractivity contribution is 0.678. The zero-order chi connectivity index (χ0) is 9.47. The highest BCUT2D eigenvalue weighted by Gasteiger charge is 2.32. The maximum Gasteiger partial charge on any atom is 0.0561 e. The Morgan fingerprint density at radius 2 is 1.85 bits per heavy atom. The van der Waals surface area contributed by atoms with Gasteiger partial charge in [0.2, 0.25) is 0 Å². The molecule has 2 aliphatic carbocycles. The average Bonchev–Trinajstić information content (AvgIpc) is 2.45. The summed E-state index contributed by atoms with van der Waals surface area (Å²) in [7, 11) is -0.977. The van der Waals surface area contributed by atoms with Gasteiger partial charge in [-0.25, -0.2) is 0 Å². The van der Waals surface area contributed by atoms with E-state index in [9.17, 15) is 0 Å². The van der Waals surface area contributed by atoms with Crippen molar-refractivity contribution in [3.05, 3.63) is 23.3 Å². The molecule has 0 spiro atoms. The van der Waals surface area contributed by atoms with Gasteiger partial charge in [0.25, 0.3) is 0 Å². The largest absolute Gasteiger partial charge is 0.0798 e. The SMILES string of the molecule is C[Si](C)(C)[C@H]1C=CC2=C1CCCC2. The van der Waals surface area contributed by atoms with Crippen LogP contribution >= 0.6 is 0 Å². The van der Waals surface area contributed by atoms with Gasteiger partial charge in [-0.3, -0.25) is 0 Å². The normalized spacial score (nSPS) is 28.1. The second-order valence-electron chi connectivity index (χ2n) is 5.46. The molecule has 2 rings (SSSR count). The van der Waals surface area contributed by atoms with Crippen LogP contribution in [0, 0.1) is 0 Å². The van der Waals surface area contributed by atoms with Crippen LogP contribution in [-0.2, 0) is 0 Å². The Morgan fingerprint density at radius 3 is 2.54 bits per heavy atom. The van der Waals surface area contributed by atoms with Gasteiger partial charge in [-0.05, 0) is 36.8 Å². The molecule has 0 radical (unpaired) electrons. The third-order valence-corrected chi connectivity index (χ3v) is 5.76. The molecule has 0 aromatic rings. The minimum Gasteiger partial charge on any atom is -0.0798 e. The quantitative estimate of drug-likeness (QED) is 0.548. The number of hydrogen-bond donors (Lipinski definition) is 0. The average molecular weight is 192 g/mol. The topological polar surface area (TPSA) is 0 Å². The van der Waals surface area contributed by atoms with Crippen LogP contribution < -0.4 is 0 Å². The molecule has 2 aliphatic rings. The van der Waals surface area contributed by atoms with Crippen LogP contribution in [0.4, 0.5) is 0 Å². The molecular formula is C12H20Si. The fraction of sp³-hybridized carbons (Fsp3) is 0.667. The molecule has 0 amide bonds. The molecule has 1 heteroatoms. The van der Waals surface area contributed by atoms with Gasteiger partial charge in [-0.1, -0.05) is 37.4 Å². The summed E-state index contributed by atoms with van der Waals surface area (Å²) in [6, 6.07) is 0. The Labute approximate surface area is 82.7 Å². The Kier molecular flexibility index (Phi) is 2.23. The third-order valence-electron chi connectivity index (χ3n) is 3.35. The lowest BCUT2D eigenvalue weighted by atomic mass is 9.93. The van der Waals surface area contributed by atoms with Gasteiger partial charge in [0, 0.05) is 0 Å². The van der Waals surface area contributed by atoms with Crippen molar-refractivity contribution in [2.45, 2.75) is 50.9 Å². The number of hydrogen-bond acceptors (Lipinski definition) is 0. The zero-order valence-corrected chi connectivity index (χ0v) is 10.1. The van der Waals surface area contributed by atoms with Gasteiger partial charge in [0.1, 0.15) is 0 Å². The Bertz CT molecular complexity index is 265. The van der Waals surface area contributed by atoms with Crippen molar-refractivity contribution in [1.82, 2.24) is 0 Å². The lowest BCUT2D eigenvalue weighted by Crippen LogP contribution is -2.27. The molecule has 13 heavy (non-hydrogen) atoms. The minimum absolute atomic E-state index is 0.864. The van der Waals surface area contributed by atoms with E-state index in [4.69, 9.17) is 0 Å². The van der Waals surface area contributed by atoms with Crippen molar-refractivity contribution < 1.29 is 0 Å². The first kappa shape index (κ1) is 9.26. The smallest absolute Gasteiger partial charge is 0.0561 e. The van der Waals surface area contributed by atoms with Crippen molar-refractivity contribution in [2.75, 3.05) is 0 Å². The van der Waals surface area contributed by atoms with Crippen molar-refractivity contribution in [3.8, 4) is 0 Å². The second kappa shape index (κ2) is 3.12. The van der Waals surface area contributed by atoms with Gasteiger partial charge < -0.3 is 0 Å². The fourth-order valence-corrected chi connectivity index (χ4v) is 4.69. The van der Waals surface area contributed by atoms with E-state index in [1.165, 1.54) is 25.7 Å². The summed E-state index contributed by atoms with van der Waals surface area (Å²) in [5, 5.41) is 0. The highest BCUT2D eigenvalue weighted by molar-refractivity contribution is 6.78. The Hall–Kier alpha value is -0.303. The first-order valence-electron chi connectivity index (χ1n) is 5.49. The zero-order valence-electron chi connectivity index (χ0n) is 9.06. The van der Waals surface area contributed by atoms with E-state index in [2.05, 4.69) is 31.8 Å². The summed E-state index contributed by atoms with van der Waals surface area (Å²) in [5.41, 5.74) is 4.37. The molecule has 0 aromatic carbocycles. The van der Waals surface area contributed by atoms with Crippen molar-refractivity contribution >= 4 is 8.07 Å². The van der Waals surface area contributed by atoms with E-state index in [0.717, 1.165) is 5.54 Å². The van der Waals surface area contributed by atoms with E-state index < -0.39 is 8.07 Å². The lowest BCUT2D eigenvalue weighted by Gasteiger charge is -2.28. The summed E-state index contributed by atoms with van der Waals surface area (Å²) < 4.78 is 0. The standard InChI is InChI=1S/C12H20Si/c1-13(2,3)12-9-8-10-6-4-5-7-11(10)12/h8-9,12H,4-7H2,1-3H3/t12-/m0/s1. The molecule has 0 saturated heterocycles. The minimum atomic E-state index is -0.977. The van der Waals surface area contributed by atoms with E-state index in [-0.39, 0.29) is 0 Å². The van der Waals surface area contributed by atoms with Crippen LogP contribution in [0.25, 0.3) is 0 Å². The molecule has 0 aromatic heterocycles. The third kappa shape index (κ3) is 1.67. The summed E-state index contributed by atoms with van der Waals surface area (Å²) in [6.45, 7) is 7.48. The van der Waals surface area contributed by atoms with Gasteiger partial charge in [0.05, 0.1) is 8.07 Å². The summed E-state index contributed by atoms with van der Waals surface area (Å²) >= 11 is 0. The monoisotopic (exact) mass is 192 g/mol. The second-order valence-corrected chi connectivity index (χ2v) is 10.8. The molecule has 1 atom stereocenters. The van der Waals surface area contributed by atoms with Crippen LogP contribution in [0.1, 0.15) is 25.7 Å². The molecule has 0 fully saturated rings. The molecule has 0 aliphatic heterocycles. The maximum atomic E-state index is 2.49. The molecule has 0 saturated carbocycles. The molecule has 0 N–H and O–H groups in total. The molecule has 72 valence electrons. The first-order chi connectivity index (χ1) is 6.09. The summed E-state index contributed by atoms with van der Waals surface area (Å²) in [5.74, 6) is 0. The van der Waals surface area contributed by atoms with Crippen LogP contribution in [0.15, 0.2) is 23.3 Å². The van der Waals surface area contributed by atoms with E-state index >= 15 is 0 Å². The molecule has 0 unspecified atom stereocenters. The van der Waals surface area contributed by atoms with Gasteiger partial charge in [-0.15, -0.1) is 0 Å². The van der Waals surface area contributed by atoms with E-state index in [1.807, 2.05) is 5.57 Å². The van der Waals surface area contributed by atoms with E-state index in [1.54, 1.807) is 5.57 Å². The molecule has 0 bridgehead atoms. The predicted molar refractivity (Wildman–Crippen MR) is 61.7 cm³/mol. The van der Waals surface area contributed by atoms with Crippen LogP contribution in [0.5, 0.6) is 0 Å². The van der Waals surface area contributed by atoms with Gasteiger partial charge >= 0.3 is 0 Å². The van der Waals surface area contributed by atoms with Crippen LogP contribution in [0.3, 0.4) is 0 Å². The maximum absolute atomic E-state index is 2.49. The predicted octanol–water partition coefficient (Wildman–Crippen LogP) is 4.14. The molecular weight excluding hydrogens is 172 g/mol. The van der Waals surface area contributed by atoms with E-state index in [0.29, 0.717) is 0 Å². The molecule has 0 heterocycles. The number of rotatable bonds is 1. The first-order valence-corrected chi connectivity index (χ1v) is 9.07. The fourth-order valence-electron chi connectivity index (χ4n) is 2.64. The van der Waals surface area contributed by atoms with Crippen molar-refractivity contribution in [1.29, 1.82) is 0 Å².